The highest BCUT2D eigenvalue weighted by molar-refractivity contribution is 14.0. The van der Waals surface area contributed by atoms with Gasteiger partial charge >= 0.3 is 0 Å². The van der Waals surface area contributed by atoms with E-state index >= 15 is 0 Å². The van der Waals surface area contributed by atoms with Crippen molar-refractivity contribution in [3.05, 3.63) is 66.0 Å². The fourth-order valence-electron chi connectivity index (χ4n) is 2.49. The van der Waals surface area contributed by atoms with E-state index in [-0.39, 0.29) is 29.8 Å². The molecule has 0 heterocycles. The molecular formula is C21H29FIN3O2S. The van der Waals surface area contributed by atoms with E-state index in [4.69, 9.17) is 4.74 Å². The summed E-state index contributed by atoms with van der Waals surface area (Å²) in [6.07, 6.45) is 0. The lowest BCUT2D eigenvalue weighted by Crippen LogP contribution is -2.41. The van der Waals surface area contributed by atoms with E-state index in [0.29, 0.717) is 37.0 Å². The minimum absolute atomic E-state index is 0. The summed E-state index contributed by atoms with van der Waals surface area (Å²) in [4.78, 5) is 6.53. The van der Waals surface area contributed by atoms with Gasteiger partial charge in [-0.3, -0.25) is 9.20 Å². The molecule has 29 heavy (non-hydrogen) atoms. The lowest BCUT2D eigenvalue weighted by atomic mass is 10.2. The normalized spacial score (nSPS) is 12.0. The number of nitrogens with one attached hydrogen (secondary N) is 1. The smallest absolute Gasteiger partial charge is 0.193 e. The van der Waals surface area contributed by atoms with Crippen molar-refractivity contribution in [1.82, 2.24) is 10.2 Å². The first-order valence-corrected chi connectivity index (χ1v) is 10.8. The summed E-state index contributed by atoms with van der Waals surface area (Å²) in [6.45, 7) is 4.31. The van der Waals surface area contributed by atoms with Crippen LogP contribution in [0.15, 0.2) is 59.6 Å². The van der Waals surface area contributed by atoms with Gasteiger partial charge in [0.25, 0.3) is 0 Å². The van der Waals surface area contributed by atoms with Crippen LogP contribution < -0.4 is 10.1 Å². The largest absolute Gasteiger partial charge is 0.492 e. The molecule has 2 aromatic carbocycles. The summed E-state index contributed by atoms with van der Waals surface area (Å²) in [7, 11) is 0.981. The summed E-state index contributed by atoms with van der Waals surface area (Å²) >= 11 is 0. The molecule has 1 N–H and O–H groups in total. The Labute approximate surface area is 192 Å². The highest BCUT2D eigenvalue weighted by Crippen LogP contribution is 2.10. The maximum absolute atomic E-state index is 12.9. The second-order valence-electron chi connectivity index (χ2n) is 6.23. The SMILES string of the molecule is CCNC(=NCCS(=O)Cc1ccccc1)N(C)CCOc1ccc(F)cc1.I. The van der Waals surface area contributed by atoms with Gasteiger partial charge in [0.05, 0.1) is 13.1 Å². The van der Waals surface area contributed by atoms with Gasteiger partial charge in [-0.05, 0) is 36.8 Å². The Kier molecular flexibility index (Phi) is 12.5. The van der Waals surface area contributed by atoms with Crippen LogP contribution in [0.5, 0.6) is 5.75 Å². The fourth-order valence-corrected chi connectivity index (χ4v) is 3.50. The molecule has 2 aromatic rings. The summed E-state index contributed by atoms with van der Waals surface area (Å²) in [5.41, 5.74) is 1.08. The second kappa shape index (κ2) is 14.3. The minimum atomic E-state index is -0.946. The van der Waals surface area contributed by atoms with Gasteiger partial charge in [-0.2, -0.15) is 0 Å². The molecule has 0 spiro atoms. The lowest BCUT2D eigenvalue weighted by Gasteiger charge is -2.22. The van der Waals surface area contributed by atoms with Crippen molar-refractivity contribution in [3.63, 3.8) is 0 Å². The van der Waals surface area contributed by atoms with Crippen molar-refractivity contribution >= 4 is 40.7 Å². The summed E-state index contributed by atoms with van der Waals surface area (Å²) < 4.78 is 30.8. The van der Waals surface area contributed by atoms with Crippen molar-refractivity contribution < 1.29 is 13.3 Å². The zero-order valence-corrected chi connectivity index (χ0v) is 20.0. The van der Waals surface area contributed by atoms with Gasteiger partial charge in [0.2, 0.25) is 0 Å². The van der Waals surface area contributed by atoms with E-state index in [1.807, 2.05) is 49.2 Å². The van der Waals surface area contributed by atoms with Crippen LogP contribution in [0.2, 0.25) is 0 Å². The van der Waals surface area contributed by atoms with Crippen LogP contribution in [0.1, 0.15) is 12.5 Å². The number of rotatable bonds is 10. The van der Waals surface area contributed by atoms with E-state index in [0.717, 1.165) is 18.1 Å². The molecule has 0 aliphatic rings. The minimum Gasteiger partial charge on any atom is -0.492 e. The summed E-state index contributed by atoms with van der Waals surface area (Å²) in [6, 6.07) is 15.8. The van der Waals surface area contributed by atoms with Crippen LogP contribution in [0.25, 0.3) is 0 Å². The number of likely N-dealkylation sites (N-methyl/N-ethyl adjacent to an activating group) is 1. The topological polar surface area (TPSA) is 53.9 Å². The monoisotopic (exact) mass is 533 g/mol. The molecule has 0 amide bonds. The molecule has 0 aliphatic heterocycles. The van der Waals surface area contributed by atoms with Crippen molar-refractivity contribution in [2.45, 2.75) is 12.7 Å². The fraction of sp³-hybridized carbons (Fsp3) is 0.381. The Balaban J connectivity index is 0.00000420. The van der Waals surface area contributed by atoms with E-state index < -0.39 is 10.8 Å². The molecule has 5 nitrogen and oxygen atoms in total. The average molecular weight is 533 g/mol. The van der Waals surface area contributed by atoms with Gasteiger partial charge in [-0.15, -0.1) is 24.0 Å². The molecule has 0 bridgehead atoms. The number of nitrogens with zero attached hydrogens (tertiary/aromatic N) is 2. The zero-order valence-electron chi connectivity index (χ0n) is 16.8. The van der Waals surface area contributed by atoms with Crippen molar-refractivity contribution in [2.24, 2.45) is 4.99 Å². The van der Waals surface area contributed by atoms with Crippen LogP contribution in [-0.4, -0.2) is 54.1 Å². The van der Waals surface area contributed by atoms with Crippen LogP contribution in [0.4, 0.5) is 4.39 Å². The number of halogens is 2. The van der Waals surface area contributed by atoms with Crippen molar-refractivity contribution in [2.75, 3.05) is 39.0 Å². The first kappa shape index (κ1) is 25.4. The van der Waals surface area contributed by atoms with Gasteiger partial charge in [0, 0.05) is 35.9 Å². The summed E-state index contributed by atoms with van der Waals surface area (Å²) in [5.74, 6) is 2.17. The number of aliphatic imine (C=N–C) groups is 1. The Bertz CT molecular complexity index is 760. The number of guanidine groups is 1. The molecule has 0 radical (unpaired) electrons. The van der Waals surface area contributed by atoms with Gasteiger partial charge in [0.1, 0.15) is 18.2 Å². The highest BCUT2D eigenvalue weighted by Gasteiger charge is 2.07. The Morgan fingerprint density at radius 3 is 2.52 bits per heavy atom. The van der Waals surface area contributed by atoms with E-state index in [2.05, 4.69) is 10.3 Å². The van der Waals surface area contributed by atoms with Crippen LogP contribution in [0, 0.1) is 5.82 Å². The first-order chi connectivity index (χ1) is 13.6. The molecule has 1 unspecified atom stereocenters. The molecule has 0 fully saturated rings. The lowest BCUT2D eigenvalue weighted by molar-refractivity contribution is 0.281. The predicted octanol–water partition coefficient (Wildman–Crippen LogP) is 3.67. The highest BCUT2D eigenvalue weighted by atomic mass is 127. The Morgan fingerprint density at radius 1 is 1.17 bits per heavy atom. The molecule has 8 heteroatoms. The quantitative estimate of drug-likeness (QED) is 0.288. The van der Waals surface area contributed by atoms with Crippen molar-refractivity contribution in [3.8, 4) is 5.75 Å². The molecule has 160 valence electrons. The third kappa shape index (κ3) is 10.1. The van der Waals surface area contributed by atoms with Gasteiger partial charge in [-0.1, -0.05) is 30.3 Å². The molecule has 0 aliphatic carbocycles. The van der Waals surface area contributed by atoms with Crippen molar-refractivity contribution in [1.29, 1.82) is 0 Å². The maximum atomic E-state index is 12.9. The molecule has 0 saturated carbocycles. The molecule has 1 atom stereocenters. The number of hydrogen-bond acceptors (Lipinski definition) is 3. The molecular weight excluding hydrogens is 504 g/mol. The molecule has 0 saturated heterocycles. The predicted molar refractivity (Wildman–Crippen MR) is 129 cm³/mol. The average Bonchev–Trinajstić information content (AvgIpc) is 2.69. The van der Waals surface area contributed by atoms with E-state index in [9.17, 15) is 8.60 Å². The van der Waals surface area contributed by atoms with E-state index in [1.165, 1.54) is 12.1 Å². The molecule has 2 rings (SSSR count). The Hall–Kier alpha value is -1.68. The van der Waals surface area contributed by atoms with E-state index in [1.54, 1.807) is 12.1 Å². The van der Waals surface area contributed by atoms with Gasteiger partial charge in [0.15, 0.2) is 5.96 Å². The first-order valence-electron chi connectivity index (χ1n) is 9.35. The van der Waals surface area contributed by atoms with Crippen LogP contribution >= 0.6 is 24.0 Å². The maximum Gasteiger partial charge on any atom is 0.193 e. The molecule has 0 aromatic heterocycles. The van der Waals surface area contributed by atoms with Crippen LogP contribution in [-0.2, 0) is 16.6 Å². The number of ether oxygens (including phenoxy) is 1. The van der Waals surface area contributed by atoms with Gasteiger partial charge < -0.3 is 15.0 Å². The third-order valence-electron chi connectivity index (χ3n) is 3.96. The number of hydrogen-bond donors (Lipinski definition) is 1. The van der Waals surface area contributed by atoms with Gasteiger partial charge in [-0.25, -0.2) is 4.39 Å². The standard InChI is InChI=1S/C21H28FN3O2S.HI/c1-3-23-21(24-13-16-28(26)17-18-7-5-4-6-8-18)25(2)14-15-27-20-11-9-19(22)10-12-20;/h4-12H,3,13-17H2,1-2H3,(H,23,24);1H. The zero-order chi connectivity index (χ0) is 20.2. The second-order valence-corrected chi connectivity index (χ2v) is 7.81. The van der Waals surface area contributed by atoms with Crippen LogP contribution in [0.3, 0.4) is 0 Å². The Morgan fingerprint density at radius 2 is 1.86 bits per heavy atom. The number of benzene rings is 2. The summed E-state index contributed by atoms with van der Waals surface area (Å²) in [5, 5.41) is 3.23. The third-order valence-corrected chi connectivity index (χ3v) is 5.25.